The summed E-state index contributed by atoms with van der Waals surface area (Å²) in [4.78, 5) is 15.6. The smallest absolute Gasteiger partial charge is 0.214 e. The number of nitrogens with zero attached hydrogens (tertiary/aromatic N) is 1. The highest BCUT2D eigenvalue weighted by atomic mass is 35.5. The van der Waals surface area contributed by atoms with E-state index in [4.69, 9.17) is 11.6 Å². The van der Waals surface area contributed by atoms with Gasteiger partial charge in [-0.25, -0.2) is 4.39 Å². The van der Waals surface area contributed by atoms with Crippen LogP contribution in [0.25, 0.3) is 5.70 Å². The molecule has 0 aromatic heterocycles. The van der Waals surface area contributed by atoms with Gasteiger partial charge in [0.2, 0.25) is 6.41 Å². The lowest BCUT2D eigenvalue weighted by Crippen LogP contribution is -2.39. The summed E-state index contributed by atoms with van der Waals surface area (Å²) in [6, 6.07) is 12.4. The van der Waals surface area contributed by atoms with Crippen molar-refractivity contribution >= 4 is 50.2 Å². The highest BCUT2D eigenvalue weighted by Crippen LogP contribution is 2.36. The molecule has 4 atom stereocenters. The standard InChI is InChI=1S/C28H32ClFNOPS.C6H14.C4H10.3C2H6/c1-4-6-26(25-16-15-24(34)17-27(25)33-5-2)31(18-32)28(21-7-11-22(29)12-8-21)19(3)20-9-13-23(30)14-10-20;1-3-5-6-4-2;1-3-4-2;3*1-2/h6-11,13-19,22,28,33-34H,4-5,12H2,1-3H3;3-6H2,1-2H3;3-4H2,1-2H3;3*1-2H3/b26-6+;;;;;. The van der Waals surface area contributed by atoms with E-state index in [9.17, 15) is 9.18 Å². The molecule has 2 aromatic carbocycles. The van der Waals surface area contributed by atoms with Gasteiger partial charge in [0.05, 0.1) is 11.4 Å². The number of alkyl halides is 1. The SMILES string of the molecule is CC.CC.CC.CC/C=C(\c1ccc(S)cc1PCC)N(C=O)C(C1=CCC(Cl)C=C1)C(C)c1ccc(F)cc1.CCCC.CCCCCC. The van der Waals surface area contributed by atoms with Crippen LogP contribution in [0.5, 0.6) is 0 Å². The lowest BCUT2D eigenvalue weighted by Gasteiger charge is -2.37. The monoisotopic (exact) mass is 749 g/mol. The van der Waals surface area contributed by atoms with Crippen LogP contribution in [0, 0.1) is 5.82 Å². The molecule has 0 heterocycles. The van der Waals surface area contributed by atoms with Crippen LogP contribution in [-0.4, -0.2) is 28.9 Å². The molecule has 0 bridgehead atoms. The summed E-state index contributed by atoms with van der Waals surface area (Å²) in [5.74, 6) is -0.347. The number of thiol groups is 1. The maximum Gasteiger partial charge on any atom is 0.214 e. The molecule has 0 aliphatic heterocycles. The second-order valence-electron chi connectivity index (χ2n) is 11.1. The van der Waals surface area contributed by atoms with Gasteiger partial charge >= 0.3 is 0 Å². The average molecular weight is 751 g/mol. The number of unbranched alkanes of at least 4 members (excludes halogenated alkanes) is 4. The summed E-state index contributed by atoms with van der Waals surface area (Å²) >= 11 is 10.9. The van der Waals surface area contributed by atoms with Crippen molar-refractivity contribution in [3.8, 4) is 0 Å². The number of carbonyl (C=O) groups is 1. The fourth-order valence-electron chi connectivity index (χ4n) is 4.88. The van der Waals surface area contributed by atoms with Gasteiger partial charge in [0.15, 0.2) is 0 Å². The largest absolute Gasteiger partial charge is 0.307 e. The molecule has 0 saturated heterocycles. The maximum absolute atomic E-state index is 13.7. The Morgan fingerprint density at radius 1 is 0.920 bits per heavy atom. The number of hydrogen-bond donors (Lipinski definition) is 1. The first kappa shape index (κ1) is 52.5. The summed E-state index contributed by atoms with van der Waals surface area (Å²) in [5, 5.41) is 1.14. The zero-order chi connectivity index (χ0) is 38.9. The van der Waals surface area contributed by atoms with Crippen molar-refractivity contribution in [2.45, 2.75) is 164 Å². The van der Waals surface area contributed by atoms with Crippen LogP contribution in [-0.2, 0) is 4.79 Å². The Hall–Kier alpha value is -1.87. The summed E-state index contributed by atoms with van der Waals surface area (Å²) < 4.78 is 13.7. The topological polar surface area (TPSA) is 20.3 Å². The minimum absolute atomic E-state index is 0.0545. The van der Waals surface area contributed by atoms with E-state index in [0.29, 0.717) is 15.0 Å². The lowest BCUT2D eigenvalue weighted by molar-refractivity contribution is -0.116. The van der Waals surface area contributed by atoms with Crippen LogP contribution in [0.2, 0.25) is 0 Å². The quantitative estimate of drug-likeness (QED) is 0.0670. The van der Waals surface area contributed by atoms with Gasteiger partial charge in [0, 0.05) is 22.1 Å². The molecule has 0 saturated carbocycles. The molecular formula is C44H74ClFNOPS. The van der Waals surface area contributed by atoms with Crippen molar-refractivity contribution in [2.24, 2.45) is 0 Å². The van der Waals surface area contributed by atoms with Crippen LogP contribution in [0.3, 0.4) is 0 Å². The van der Waals surface area contributed by atoms with Crippen LogP contribution in [0.4, 0.5) is 4.39 Å². The van der Waals surface area contributed by atoms with Crippen molar-refractivity contribution in [3.05, 3.63) is 89.3 Å². The Balaban J connectivity index is -0.00000117. The maximum atomic E-state index is 13.7. The van der Waals surface area contributed by atoms with Gasteiger partial charge in [-0.3, -0.25) is 4.79 Å². The minimum atomic E-state index is -0.273. The number of allylic oxidation sites excluding steroid dienone is 3. The molecular weight excluding hydrogens is 676 g/mol. The van der Waals surface area contributed by atoms with Gasteiger partial charge in [-0.2, -0.15) is 0 Å². The van der Waals surface area contributed by atoms with Crippen molar-refractivity contribution in [3.63, 3.8) is 0 Å². The number of rotatable bonds is 14. The van der Waals surface area contributed by atoms with Crippen molar-refractivity contribution in [1.82, 2.24) is 4.90 Å². The van der Waals surface area contributed by atoms with Gasteiger partial charge in [-0.05, 0) is 59.7 Å². The van der Waals surface area contributed by atoms with E-state index in [0.717, 1.165) is 46.3 Å². The highest BCUT2D eigenvalue weighted by molar-refractivity contribution is 7.80. The third-order valence-electron chi connectivity index (χ3n) is 7.48. The van der Waals surface area contributed by atoms with E-state index in [1.165, 1.54) is 56.0 Å². The van der Waals surface area contributed by atoms with Gasteiger partial charge in [-0.15, -0.1) is 24.2 Å². The summed E-state index contributed by atoms with van der Waals surface area (Å²) in [6.45, 7) is 27.2. The van der Waals surface area contributed by atoms with E-state index in [1.54, 1.807) is 12.1 Å². The predicted octanol–water partition coefficient (Wildman–Crippen LogP) is 14.8. The molecule has 1 aliphatic rings. The highest BCUT2D eigenvalue weighted by Gasteiger charge is 2.31. The normalized spacial score (nSPS) is 14.4. The fourth-order valence-corrected chi connectivity index (χ4v) is 6.41. The molecule has 2 aromatic rings. The molecule has 0 fully saturated rings. The summed E-state index contributed by atoms with van der Waals surface area (Å²) in [6.07, 6.45) is 19.9. The van der Waals surface area contributed by atoms with Crippen LogP contribution >= 0.6 is 32.8 Å². The van der Waals surface area contributed by atoms with Crippen LogP contribution < -0.4 is 5.30 Å². The zero-order valence-electron chi connectivity index (χ0n) is 34.1. The molecule has 0 radical (unpaired) electrons. The first-order chi connectivity index (χ1) is 24.2. The van der Waals surface area contributed by atoms with E-state index in [2.05, 4.69) is 85.4 Å². The van der Waals surface area contributed by atoms with E-state index < -0.39 is 0 Å². The molecule has 1 amide bonds. The fraction of sp³-hybridized carbons (Fsp3) is 0.568. The lowest BCUT2D eigenvalue weighted by atomic mass is 9.84. The first-order valence-corrected chi connectivity index (χ1v) is 21.6. The Bertz CT molecular complexity index is 1180. The van der Waals surface area contributed by atoms with Gasteiger partial charge < -0.3 is 4.90 Å². The number of hydrogen-bond acceptors (Lipinski definition) is 2. The first-order valence-electron chi connectivity index (χ1n) is 19.5. The third kappa shape index (κ3) is 20.8. The summed E-state index contributed by atoms with van der Waals surface area (Å²) in [7, 11) is 0.616. The van der Waals surface area contributed by atoms with E-state index in [-0.39, 0.29) is 23.2 Å². The third-order valence-corrected chi connectivity index (χ3v) is 9.23. The number of benzene rings is 2. The molecule has 0 N–H and O–H groups in total. The molecule has 0 spiro atoms. The molecule has 1 aliphatic carbocycles. The van der Waals surface area contributed by atoms with Crippen molar-refractivity contribution in [1.29, 1.82) is 0 Å². The van der Waals surface area contributed by atoms with Gasteiger partial charge in [0.25, 0.3) is 0 Å². The van der Waals surface area contributed by atoms with Gasteiger partial charge in [-0.1, -0.05) is 180 Å². The minimum Gasteiger partial charge on any atom is -0.307 e. The van der Waals surface area contributed by atoms with Crippen LogP contribution in [0.15, 0.2) is 77.2 Å². The van der Waals surface area contributed by atoms with Crippen molar-refractivity contribution in [2.75, 3.05) is 6.16 Å². The molecule has 286 valence electrons. The predicted molar refractivity (Wildman–Crippen MR) is 233 cm³/mol. The second-order valence-corrected chi connectivity index (χ2v) is 13.8. The molecule has 6 heteroatoms. The Labute approximate surface area is 322 Å². The number of amides is 1. The Morgan fingerprint density at radius 2 is 1.48 bits per heavy atom. The van der Waals surface area contributed by atoms with E-state index in [1.807, 2.05) is 64.7 Å². The number of halogens is 2. The summed E-state index contributed by atoms with van der Waals surface area (Å²) in [5.41, 5.74) is 3.95. The molecule has 50 heavy (non-hydrogen) atoms. The van der Waals surface area contributed by atoms with Crippen LogP contribution in [0.1, 0.15) is 158 Å². The van der Waals surface area contributed by atoms with Gasteiger partial charge in [0.1, 0.15) is 5.82 Å². The molecule has 3 rings (SSSR count). The average Bonchev–Trinajstić information content (AvgIpc) is 3.16. The molecule has 2 nitrogen and oxygen atoms in total. The Morgan fingerprint density at radius 3 is 1.90 bits per heavy atom. The van der Waals surface area contributed by atoms with Crippen molar-refractivity contribution < 1.29 is 9.18 Å². The molecule has 4 unspecified atom stereocenters. The number of carbonyl (C=O) groups excluding carboxylic acids is 1. The Kier molecular flexibility index (Phi) is 37.3. The van der Waals surface area contributed by atoms with E-state index >= 15 is 0 Å². The zero-order valence-corrected chi connectivity index (χ0v) is 36.7. The second kappa shape index (κ2) is 35.5.